The molecule has 4 aliphatic carbocycles. The maximum Gasteiger partial charge on any atom is 0.243 e. The molecule has 0 saturated heterocycles. The Labute approximate surface area is 161 Å². The summed E-state index contributed by atoms with van der Waals surface area (Å²) in [5.41, 5.74) is 0.601. The van der Waals surface area contributed by atoms with Gasteiger partial charge < -0.3 is 10.6 Å². The lowest BCUT2D eigenvalue weighted by Crippen LogP contribution is -2.58. The summed E-state index contributed by atoms with van der Waals surface area (Å²) in [6.45, 7) is 4.37. The average Bonchev–Trinajstić information content (AvgIpc) is 2.63. The van der Waals surface area contributed by atoms with Crippen molar-refractivity contribution in [3.8, 4) is 0 Å². The summed E-state index contributed by atoms with van der Waals surface area (Å²) < 4.78 is 0. The molecule has 0 aromatic carbocycles. The van der Waals surface area contributed by atoms with Crippen molar-refractivity contribution in [1.29, 1.82) is 0 Å². The minimum atomic E-state index is -0.491. The molecular weight excluding hydrogens is 338 g/mol. The van der Waals surface area contributed by atoms with Gasteiger partial charge in [-0.2, -0.15) is 0 Å². The van der Waals surface area contributed by atoms with E-state index >= 15 is 0 Å². The number of amides is 2. The zero-order valence-electron chi connectivity index (χ0n) is 16.4. The third-order valence-corrected chi connectivity index (χ3v) is 6.93. The first kappa shape index (κ1) is 18.5. The predicted molar refractivity (Wildman–Crippen MR) is 103 cm³/mol. The van der Waals surface area contributed by atoms with Gasteiger partial charge in [0.1, 0.15) is 6.04 Å². The van der Waals surface area contributed by atoms with E-state index < -0.39 is 6.04 Å². The van der Waals surface area contributed by atoms with Crippen LogP contribution in [0.2, 0.25) is 0 Å². The number of carbonyl (C=O) groups is 2. The van der Waals surface area contributed by atoms with Gasteiger partial charge in [-0.15, -0.1) is 0 Å². The van der Waals surface area contributed by atoms with Crippen LogP contribution in [0.15, 0.2) is 24.4 Å². The van der Waals surface area contributed by atoms with Gasteiger partial charge in [-0.25, -0.2) is 0 Å². The molecule has 1 aromatic heterocycles. The normalized spacial score (nSPS) is 32.3. The molecule has 2 amide bonds. The fourth-order valence-electron chi connectivity index (χ4n) is 6.01. The summed E-state index contributed by atoms with van der Waals surface area (Å²) in [5, 5.41) is 6.08. The Morgan fingerprint density at radius 3 is 2.26 bits per heavy atom. The number of hydrogen-bond acceptors (Lipinski definition) is 3. The third-order valence-electron chi connectivity index (χ3n) is 6.93. The fourth-order valence-corrected chi connectivity index (χ4v) is 6.01. The highest BCUT2D eigenvalue weighted by molar-refractivity contribution is 5.90. The Balaban J connectivity index is 1.40. The smallest absolute Gasteiger partial charge is 0.243 e. The summed E-state index contributed by atoms with van der Waals surface area (Å²) >= 11 is 0. The van der Waals surface area contributed by atoms with Crippen LogP contribution in [-0.2, 0) is 16.1 Å². The van der Waals surface area contributed by atoms with Crippen molar-refractivity contribution >= 4 is 11.8 Å². The number of pyridine rings is 1. The molecule has 27 heavy (non-hydrogen) atoms. The molecule has 1 aromatic rings. The highest BCUT2D eigenvalue weighted by Crippen LogP contribution is 2.60. The summed E-state index contributed by atoms with van der Waals surface area (Å²) in [6, 6.07) is 5.16. The van der Waals surface area contributed by atoms with Crippen molar-refractivity contribution in [3.05, 3.63) is 30.1 Å². The van der Waals surface area contributed by atoms with Crippen LogP contribution >= 0.6 is 0 Å². The minimum Gasteiger partial charge on any atom is -0.349 e. The maximum atomic E-state index is 13.3. The van der Waals surface area contributed by atoms with Gasteiger partial charge in [0.15, 0.2) is 0 Å². The quantitative estimate of drug-likeness (QED) is 0.810. The molecule has 0 aliphatic heterocycles. The molecule has 146 valence electrons. The molecule has 1 atom stereocenters. The third kappa shape index (κ3) is 3.74. The molecule has 5 rings (SSSR count). The number of carbonyl (C=O) groups excluding carboxylic acids is 2. The molecule has 4 saturated carbocycles. The van der Waals surface area contributed by atoms with Crippen molar-refractivity contribution < 1.29 is 9.59 Å². The first-order valence-electron chi connectivity index (χ1n) is 10.4. The Morgan fingerprint density at radius 1 is 1.11 bits per heavy atom. The van der Waals surface area contributed by atoms with E-state index in [4.69, 9.17) is 0 Å². The molecule has 0 unspecified atom stereocenters. The van der Waals surface area contributed by atoms with E-state index in [-0.39, 0.29) is 23.1 Å². The van der Waals surface area contributed by atoms with Crippen LogP contribution < -0.4 is 10.6 Å². The topological polar surface area (TPSA) is 71.1 Å². The Kier molecular flexibility index (Phi) is 4.95. The standard InChI is InChI=1S/C22H31N3O2/c1-14(2)19(20(26)24-13-18-5-3-4-6-23-18)25-21(27)22-10-15-7-16(11-22)9-17(8-15)12-22/h3-6,14-17,19H,7-13H2,1-2H3,(H,24,26)(H,25,27)/t15?,16?,17?,19-,22?/m0/s1. The minimum absolute atomic E-state index is 0.0478. The maximum absolute atomic E-state index is 13.3. The van der Waals surface area contributed by atoms with Gasteiger partial charge in [-0.05, 0) is 74.3 Å². The summed E-state index contributed by atoms with van der Waals surface area (Å²) in [5.74, 6) is 2.21. The molecule has 5 nitrogen and oxygen atoms in total. The molecule has 2 N–H and O–H groups in total. The Morgan fingerprint density at radius 2 is 1.74 bits per heavy atom. The highest BCUT2D eigenvalue weighted by atomic mass is 16.2. The van der Waals surface area contributed by atoms with E-state index in [1.807, 2.05) is 32.0 Å². The van der Waals surface area contributed by atoms with Gasteiger partial charge in [0.25, 0.3) is 0 Å². The predicted octanol–water partition coefficient (Wildman–Crippen LogP) is 3.06. The van der Waals surface area contributed by atoms with Crippen LogP contribution in [0.4, 0.5) is 0 Å². The molecule has 4 fully saturated rings. The zero-order valence-corrected chi connectivity index (χ0v) is 16.4. The van der Waals surface area contributed by atoms with E-state index in [1.165, 1.54) is 19.3 Å². The van der Waals surface area contributed by atoms with E-state index in [0.717, 1.165) is 42.7 Å². The van der Waals surface area contributed by atoms with Crippen LogP contribution in [-0.4, -0.2) is 22.8 Å². The second-order valence-electron chi connectivity index (χ2n) is 9.43. The average molecular weight is 370 g/mol. The Bertz CT molecular complexity index is 665. The van der Waals surface area contributed by atoms with Gasteiger partial charge in [-0.1, -0.05) is 19.9 Å². The van der Waals surface area contributed by atoms with Crippen LogP contribution in [0, 0.1) is 29.1 Å². The van der Waals surface area contributed by atoms with Gasteiger partial charge in [-0.3, -0.25) is 14.6 Å². The largest absolute Gasteiger partial charge is 0.349 e. The van der Waals surface area contributed by atoms with Gasteiger partial charge in [0, 0.05) is 11.6 Å². The fraction of sp³-hybridized carbons (Fsp3) is 0.682. The Hall–Kier alpha value is -1.91. The first-order chi connectivity index (χ1) is 12.9. The first-order valence-corrected chi connectivity index (χ1v) is 10.4. The van der Waals surface area contributed by atoms with Crippen LogP contribution in [0.25, 0.3) is 0 Å². The van der Waals surface area contributed by atoms with Crippen LogP contribution in [0.3, 0.4) is 0 Å². The molecule has 5 heteroatoms. The van der Waals surface area contributed by atoms with E-state index in [0.29, 0.717) is 6.54 Å². The van der Waals surface area contributed by atoms with E-state index in [1.54, 1.807) is 6.20 Å². The van der Waals surface area contributed by atoms with Crippen molar-refractivity contribution in [2.75, 3.05) is 0 Å². The summed E-state index contributed by atoms with van der Waals surface area (Å²) in [7, 11) is 0. The van der Waals surface area contributed by atoms with Crippen molar-refractivity contribution in [2.24, 2.45) is 29.1 Å². The van der Waals surface area contributed by atoms with Crippen LogP contribution in [0.1, 0.15) is 58.1 Å². The SMILES string of the molecule is CC(C)[C@H](NC(=O)C12CC3CC(CC(C3)C1)C2)C(=O)NCc1ccccn1. The molecular formula is C22H31N3O2. The molecule has 0 spiro atoms. The number of nitrogens with zero attached hydrogens (tertiary/aromatic N) is 1. The van der Waals surface area contributed by atoms with Gasteiger partial charge >= 0.3 is 0 Å². The number of rotatable bonds is 6. The zero-order chi connectivity index (χ0) is 19.0. The number of nitrogens with one attached hydrogen (secondary N) is 2. The highest BCUT2D eigenvalue weighted by Gasteiger charge is 2.55. The lowest BCUT2D eigenvalue weighted by Gasteiger charge is -2.55. The summed E-state index contributed by atoms with van der Waals surface area (Å²) in [4.78, 5) is 30.3. The van der Waals surface area contributed by atoms with Crippen LogP contribution in [0.5, 0.6) is 0 Å². The summed E-state index contributed by atoms with van der Waals surface area (Å²) in [6.07, 6.45) is 8.71. The van der Waals surface area contributed by atoms with Gasteiger partial charge in [0.05, 0.1) is 12.2 Å². The lowest BCUT2D eigenvalue weighted by atomic mass is 9.49. The molecule has 4 aliphatic rings. The van der Waals surface area contributed by atoms with E-state index in [9.17, 15) is 9.59 Å². The number of aromatic nitrogens is 1. The van der Waals surface area contributed by atoms with Gasteiger partial charge in [0.2, 0.25) is 11.8 Å². The van der Waals surface area contributed by atoms with Crippen molar-refractivity contribution in [3.63, 3.8) is 0 Å². The number of hydrogen-bond donors (Lipinski definition) is 2. The second-order valence-corrected chi connectivity index (χ2v) is 9.43. The van der Waals surface area contributed by atoms with Crippen molar-refractivity contribution in [2.45, 2.75) is 65.0 Å². The molecule has 4 bridgehead atoms. The monoisotopic (exact) mass is 369 g/mol. The molecule has 0 radical (unpaired) electrons. The van der Waals surface area contributed by atoms with E-state index in [2.05, 4.69) is 15.6 Å². The lowest BCUT2D eigenvalue weighted by molar-refractivity contribution is -0.149. The second kappa shape index (κ2) is 7.25. The van der Waals surface area contributed by atoms with Crippen molar-refractivity contribution in [1.82, 2.24) is 15.6 Å². The molecule has 1 heterocycles.